The minimum Gasteiger partial charge on any atom is -0.508 e. The van der Waals surface area contributed by atoms with Gasteiger partial charge >= 0.3 is 0 Å². The Balaban J connectivity index is 0.00000137. The molecule has 2 aliphatic rings. The van der Waals surface area contributed by atoms with Gasteiger partial charge < -0.3 is 20.0 Å². The van der Waals surface area contributed by atoms with Gasteiger partial charge in [0.25, 0.3) is 0 Å². The van der Waals surface area contributed by atoms with Crippen LogP contribution in [0.15, 0.2) is 24.3 Å². The number of benzene rings is 1. The third-order valence-electron chi connectivity index (χ3n) is 5.92. The third kappa shape index (κ3) is 12.0. The lowest BCUT2D eigenvalue weighted by Gasteiger charge is -2.35. The van der Waals surface area contributed by atoms with Crippen LogP contribution < -0.4 is 5.32 Å². The van der Waals surface area contributed by atoms with E-state index in [0.717, 1.165) is 52.1 Å². The summed E-state index contributed by atoms with van der Waals surface area (Å²) in [7, 11) is 0. The number of carbonyl (C=O) groups excluding carboxylic acids is 2. The summed E-state index contributed by atoms with van der Waals surface area (Å²) >= 11 is 0. The highest BCUT2D eigenvalue weighted by Crippen LogP contribution is 2.21. The lowest BCUT2D eigenvalue weighted by molar-refractivity contribution is -0.122. The van der Waals surface area contributed by atoms with Gasteiger partial charge in [0.2, 0.25) is 5.91 Å². The molecule has 0 aromatic heterocycles. The van der Waals surface area contributed by atoms with E-state index in [9.17, 15) is 14.7 Å². The SMILES string of the molecule is CC.CC.CC(=O)CCCC(=O)NCC1CCC(CN2CCN(Cc3ccc(O)cc3)CC2)O1. The van der Waals surface area contributed by atoms with Gasteiger partial charge in [-0.1, -0.05) is 39.8 Å². The molecule has 1 amide bonds. The Morgan fingerprint density at radius 2 is 1.53 bits per heavy atom. The standard InChI is InChI=1S/C23H35N3O4.2C2H6/c1-18(27)3-2-4-23(29)24-15-21-9-10-22(30-21)17-26-13-11-25(12-14-26)16-19-5-7-20(28)8-6-19;2*1-2/h5-8,21-22,28H,2-4,9-17H2,1H3,(H,24,29);2*1-2H3. The second kappa shape index (κ2) is 17.5. The molecule has 0 radical (unpaired) electrons. The van der Waals surface area contributed by atoms with Crippen molar-refractivity contribution in [1.82, 2.24) is 15.1 Å². The van der Waals surface area contributed by atoms with Crippen molar-refractivity contribution in [3.05, 3.63) is 29.8 Å². The molecule has 0 spiro atoms. The molecule has 2 N–H and O–H groups in total. The number of carbonyl (C=O) groups is 2. The molecule has 2 unspecified atom stereocenters. The van der Waals surface area contributed by atoms with Crippen LogP contribution in [0.25, 0.3) is 0 Å². The summed E-state index contributed by atoms with van der Waals surface area (Å²) in [6, 6.07) is 7.45. The van der Waals surface area contributed by atoms with E-state index in [1.54, 1.807) is 19.1 Å². The molecule has 1 aromatic carbocycles. The van der Waals surface area contributed by atoms with Crippen LogP contribution in [-0.4, -0.2) is 78.1 Å². The topological polar surface area (TPSA) is 82.1 Å². The van der Waals surface area contributed by atoms with Gasteiger partial charge in [-0.05, 0) is 43.9 Å². The minimum absolute atomic E-state index is 0.00745. The van der Waals surface area contributed by atoms with Crippen LogP contribution in [0, 0.1) is 0 Å². The first-order chi connectivity index (χ1) is 16.5. The van der Waals surface area contributed by atoms with E-state index in [2.05, 4.69) is 15.1 Å². The van der Waals surface area contributed by atoms with E-state index < -0.39 is 0 Å². The van der Waals surface area contributed by atoms with Gasteiger partial charge in [-0.2, -0.15) is 0 Å². The van der Waals surface area contributed by atoms with Crippen molar-refractivity contribution >= 4 is 11.7 Å². The summed E-state index contributed by atoms with van der Waals surface area (Å²) in [6.45, 7) is 16.1. The third-order valence-corrected chi connectivity index (χ3v) is 5.92. The molecule has 2 fully saturated rings. The average Bonchev–Trinajstić information content (AvgIpc) is 3.30. The molecule has 1 aromatic rings. The zero-order valence-corrected chi connectivity index (χ0v) is 22.0. The van der Waals surface area contributed by atoms with Gasteiger partial charge in [-0.25, -0.2) is 0 Å². The number of Topliss-reactive ketones (excluding diaryl/α,β-unsaturated/α-hetero) is 1. The van der Waals surface area contributed by atoms with Crippen molar-refractivity contribution in [2.45, 2.75) is 85.5 Å². The molecule has 0 bridgehead atoms. The van der Waals surface area contributed by atoms with Crippen LogP contribution in [0.3, 0.4) is 0 Å². The van der Waals surface area contributed by atoms with E-state index in [0.29, 0.717) is 31.6 Å². The summed E-state index contributed by atoms with van der Waals surface area (Å²) in [5.74, 6) is 0.449. The number of nitrogens with zero attached hydrogens (tertiary/aromatic N) is 2. The number of nitrogens with one attached hydrogen (secondary N) is 1. The smallest absolute Gasteiger partial charge is 0.220 e. The molecule has 0 aliphatic carbocycles. The van der Waals surface area contributed by atoms with E-state index >= 15 is 0 Å². The number of amides is 1. The van der Waals surface area contributed by atoms with Gasteiger partial charge in [0.15, 0.2) is 0 Å². The summed E-state index contributed by atoms with van der Waals surface area (Å²) in [5, 5.41) is 12.3. The van der Waals surface area contributed by atoms with E-state index in [1.807, 2.05) is 39.8 Å². The Morgan fingerprint density at radius 1 is 0.941 bits per heavy atom. The molecule has 2 heterocycles. The highest BCUT2D eigenvalue weighted by atomic mass is 16.5. The van der Waals surface area contributed by atoms with Gasteiger partial charge in [0.05, 0.1) is 12.2 Å². The van der Waals surface area contributed by atoms with Crippen molar-refractivity contribution in [3.8, 4) is 5.75 Å². The highest BCUT2D eigenvalue weighted by Gasteiger charge is 2.28. The number of ether oxygens (including phenoxy) is 1. The quantitative estimate of drug-likeness (QED) is 0.530. The number of phenols is 1. The first-order valence-electron chi connectivity index (χ1n) is 13.1. The maximum Gasteiger partial charge on any atom is 0.220 e. The van der Waals surface area contributed by atoms with Gasteiger partial charge in [0.1, 0.15) is 11.5 Å². The fourth-order valence-electron chi connectivity index (χ4n) is 4.16. The molecular weight excluding hydrogens is 430 g/mol. The van der Waals surface area contributed by atoms with Crippen LogP contribution in [0.2, 0.25) is 0 Å². The van der Waals surface area contributed by atoms with Gasteiger partial charge in [-0.3, -0.25) is 14.6 Å². The summed E-state index contributed by atoms with van der Waals surface area (Å²) in [4.78, 5) is 27.7. The lowest BCUT2D eigenvalue weighted by Crippen LogP contribution is -2.48. The maximum atomic E-state index is 11.9. The largest absolute Gasteiger partial charge is 0.508 e. The Labute approximate surface area is 206 Å². The minimum atomic E-state index is 0.00745. The van der Waals surface area contributed by atoms with Crippen molar-refractivity contribution < 1.29 is 19.4 Å². The zero-order valence-electron chi connectivity index (χ0n) is 22.0. The van der Waals surface area contributed by atoms with E-state index in [1.165, 1.54) is 5.56 Å². The fourth-order valence-corrected chi connectivity index (χ4v) is 4.16. The molecule has 7 heteroatoms. The average molecular weight is 478 g/mol. The molecule has 2 aliphatic heterocycles. The number of rotatable bonds is 10. The van der Waals surface area contributed by atoms with Crippen molar-refractivity contribution in [3.63, 3.8) is 0 Å². The number of phenolic OH excluding ortho intramolecular Hbond substituents is 1. The summed E-state index contributed by atoms with van der Waals surface area (Å²) < 4.78 is 6.14. The van der Waals surface area contributed by atoms with Crippen molar-refractivity contribution in [2.75, 3.05) is 39.3 Å². The number of piperazine rings is 1. The van der Waals surface area contributed by atoms with Crippen LogP contribution >= 0.6 is 0 Å². The van der Waals surface area contributed by atoms with Crippen molar-refractivity contribution in [2.24, 2.45) is 0 Å². The Morgan fingerprint density at radius 3 is 2.15 bits per heavy atom. The first-order valence-corrected chi connectivity index (χ1v) is 13.1. The molecule has 0 saturated carbocycles. The molecule has 34 heavy (non-hydrogen) atoms. The Hall–Kier alpha value is -1.96. The predicted molar refractivity (Wildman–Crippen MR) is 138 cm³/mol. The fraction of sp³-hybridized carbons (Fsp3) is 0.704. The maximum absolute atomic E-state index is 11.9. The van der Waals surface area contributed by atoms with E-state index in [4.69, 9.17) is 4.74 Å². The molecule has 2 atom stereocenters. The normalized spacial score (nSPS) is 20.5. The molecule has 194 valence electrons. The highest BCUT2D eigenvalue weighted by molar-refractivity contribution is 5.78. The van der Waals surface area contributed by atoms with Gasteiger partial charge in [-0.15, -0.1) is 0 Å². The summed E-state index contributed by atoms with van der Waals surface area (Å²) in [5.41, 5.74) is 1.23. The second-order valence-corrected chi connectivity index (χ2v) is 8.56. The Kier molecular flexibility index (Phi) is 15.5. The zero-order chi connectivity index (χ0) is 25.3. The van der Waals surface area contributed by atoms with E-state index in [-0.39, 0.29) is 23.9 Å². The van der Waals surface area contributed by atoms with Crippen molar-refractivity contribution in [1.29, 1.82) is 0 Å². The number of ketones is 1. The van der Waals surface area contributed by atoms with Crippen LogP contribution in [0.1, 0.15) is 72.3 Å². The number of aromatic hydroxyl groups is 1. The second-order valence-electron chi connectivity index (χ2n) is 8.56. The Bertz CT molecular complexity index is 688. The van der Waals surface area contributed by atoms with Crippen LogP contribution in [-0.2, 0) is 20.9 Å². The molecule has 7 nitrogen and oxygen atoms in total. The number of hydrogen-bond donors (Lipinski definition) is 2. The first kappa shape index (κ1) is 30.1. The lowest BCUT2D eigenvalue weighted by atomic mass is 10.1. The van der Waals surface area contributed by atoms with Crippen LogP contribution in [0.4, 0.5) is 0 Å². The summed E-state index contributed by atoms with van der Waals surface area (Å²) in [6.07, 6.45) is 3.86. The molecule has 2 saturated heterocycles. The monoisotopic (exact) mass is 477 g/mol. The van der Waals surface area contributed by atoms with Gasteiger partial charge in [0, 0.05) is 58.7 Å². The number of hydrogen-bond acceptors (Lipinski definition) is 6. The molecular formula is C27H47N3O4. The van der Waals surface area contributed by atoms with Crippen LogP contribution in [0.5, 0.6) is 5.75 Å². The molecule has 3 rings (SSSR count). The predicted octanol–water partition coefficient (Wildman–Crippen LogP) is 3.99.